The van der Waals surface area contributed by atoms with Crippen LogP contribution in [0.5, 0.6) is 0 Å². The summed E-state index contributed by atoms with van der Waals surface area (Å²) >= 11 is 0. The van der Waals surface area contributed by atoms with Gasteiger partial charge in [0.2, 0.25) is 5.91 Å². The molecule has 1 aromatic carbocycles. The minimum Gasteiger partial charge on any atom is -0.324 e. The van der Waals surface area contributed by atoms with Crippen LogP contribution in [0.3, 0.4) is 0 Å². The maximum atomic E-state index is 12.0. The lowest BCUT2D eigenvalue weighted by atomic mass is 10.0. The molecule has 3 nitrogen and oxygen atoms in total. The first kappa shape index (κ1) is 13.5. The van der Waals surface area contributed by atoms with Crippen LogP contribution in [0.25, 0.3) is 10.9 Å². The summed E-state index contributed by atoms with van der Waals surface area (Å²) in [5, 5.41) is 4.02. The third kappa shape index (κ3) is 3.53. The highest BCUT2D eigenvalue weighted by molar-refractivity contribution is 6.00. The molecule has 0 aliphatic rings. The number of benzene rings is 1. The van der Waals surface area contributed by atoms with Crippen LogP contribution in [-0.4, -0.2) is 10.9 Å². The molecular formula is C16H20N2O. The van der Waals surface area contributed by atoms with Crippen LogP contribution in [0.1, 0.15) is 33.1 Å². The molecule has 19 heavy (non-hydrogen) atoms. The van der Waals surface area contributed by atoms with E-state index in [1.807, 2.05) is 30.3 Å². The molecule has 1 amide bonds. The van der Waals surface area contributed by atoms with Crippen LogP contribution >= 0.6 is 0 Å². The maximum Gasteiger partial charge on any atom is 0.224 e. The lowest BCUT2D eigenvalue weighted by molar-refractivity contribution is -0.117. The van der Waals surface area contributed by atoms with E-state index < -0.39 is 0 Å². The largest absolute Gasteiger partial charge is 0.324 e. The zero-order valence-corrected chi connectivity index (χ0v) is 11.5. The van der Waals surface area contributed by atoms with Gasteiger partial charge in [0.05, 0.1) is 11.2 Å². The molecule has 1 heterocycles. The van der Waals surface area contributed by atoms with E-state index in [1.54, 1.807) is 6.20 Å². The number of amides is 1. The standard InChI is InChI=1S/C16H20N2O/c1-3-6-12(2)11-15(19)18-14-9-4-7-13-8-5-10-17-16(13)14/h4-5,7-10,12H,3,6,11H2,1-2H3,(H,18,19). The number of aromatic nitrogens is 1. The van der Waals surface area contributed by atoms with E-state index in [1.165, 1.54) is 0 Å². The molecule has 3 heteroatoms. The monoisotopic (exact) mass is 256 g/mol. The van der Waals surface area contributed by atoms with E-state index in [0.717, 1.165) is 29.4 Å². The van der Waals surface area contributed by atoms with Crippen LogP contribution in [0.2, 0.25) is 0 Å². The number of nitrogens with zero attached hydrogens (tertiary/aromatic N) is 1. The summed E-state index contributed by atoms with van der Waals surface area (Å²) in [6.07, 6.45) is 4.51. The van der Waals surface area contributed by atoms with Gasteiger partial charge in [-0.25, -0.2) is 0 Å². The highest BCUT2D eigenvalue weighted by atomic mass is 16.1. The molecule has 0 aliphatic heterocycles. The zero-order chi connectivity index (χ0) is 13.7. The van der Waals surface area contributed by atoms with Gasteiger partial charge in [-0.1, -0.05) is 44.9 Å². The number of pyridine rings is 1. The molecule has 0 spiro atoms. The van der Waals surface area contributed by atoms with Crippen LogP contribution in [-0.2, 0) is 4.79 Å². The second-order valence-electron chi connectivity index (χ2n) is 5.03. The molecule has 100 valence electrons. The average molecular weight is 256 g/mol. The van der Waals surface area contributed by atoms with Gasteiger partial charge in [-0.15, -0.1) is 0 Å². The second-order valence-corrected chi connectivity index (χ2v) is 5.03. The van der Waals surface area contributed by atoms with Crippen molar-refractivity contribution in [1.29, 1.82) is 0 Å². The smallest absolute Gasteiger partial charge is 0.224 e. The molecule has 0 radical (unpaired) electrons. The molecule has 1 aromatic heterocycles. The van der Waals surface area contributed by atoms with Gasteiger partial charge in [-0.3, -0.25) is 9.78 Å². The van der Waals surface area contributed by atoms with Crippen molar-refractivity contribution in [2.75, 3.05) is 5.32 Å². The van der Waals surface area contributed by atoms with Gasteiger partial charge < -0.3 is 5.32 Å². The van der Waals surface area contributed by atoms with E-state index in [2.05, 4.69) is 24.1 Å². The third-order valence-corrected chi connectivity index (χ3v) is 3.22. The fraction of sp³-hybridized carbons (Fsp3) is 0.375. The minimum absolute atomic E-state index is 0.0686. The van der Waals surface area contributed by atoms with Gasteiger partial charge in [-0.05, 0) is 18.1 Å². The number of hydrogen-bond donors (Lipinski definition) is 1. The number of anilines is 1. The predicted molar refractivity (Wildman–Crippen MR) is 79.1 cm³/mol. The van der Waals surface area contributed by atoms with Gasteiger partial charge >= 0.3 is 0 Å². The van der Waals surface area contributed by atoms with Gasteiger partial charge in [0.15, 0.2) is 0 Å². The average Bonchev–Trinajstić information content (AvgIpc) is 2.39. The van der Waals surface area contributed by atoms with E-state index in [-0.39, 0.29) is 5.91 Å². The van der Waals surface area contributed by atoms with Crippen LogP contribution in [0.15, 0.2) is 36.5 Å². The van der Waals surface area contributed by atoms with Crippen molar-refractivity contribution in [3.8, 4) is 0 Å². The highest BCUT2D eigenvalue weighted by Crippen LogP contribution is 2.21. The Kier molecular flexibility index (Phi) is 4.50. The topological polar surface area (TPSA) is 42.0 Å². The van der Waals surface area contributed by atoms with Crippen LogP contribution < -0.4 is 5.32 Å². The van der Waals surface area contributed by atoms with Crippen molar-refractivity contribution >= 4 is 22.5 Å². The van der Waals surface area contributed by atoms with Crippen molar-refractivity contribution < 1.29 is 4.79 Å². The number of para-hydroxylation sites is 1. The fourth-order valence-electron chi connectivity index (χ4n) is 2.32. The van der Waals surface area contributed by atoms with Crippen molar-refractivity contribution in [2.24, 2.45) is 5.92 Å². The summed E-state index contributed by atoms with van der Waals surface area (Å²) < 4.78 is 0. The Morgan fingerprint density at radius 3 is 2.89 bits per heavy atom. The first-order valence-electron chi connectivity index (χ1n) is 6.84. The normalized spacial score (nSPS) is 12.3. The number of fused-ring (bicyclic) bond motifs is 1. The number of rotatable bonds is 5. The Morgan fingerprint density at radius 2 is 2.11 bits per heavy atom. The number of nitrogens with one attached hydrogen (secondary N) is 1. The van der Waals surface area contributed by atoms with E-state index in [9.17, 15) is 4.79 Å². The number of hydrogen-bond acceptors (Lipinski definition) is 2. The number of carbonyl (C=O) groups is 1. The minimum atomic E-state index is 0.0686. The Hall–Kier alpha value is -1.90. The van der Waals surface area contributed by atoms with Gasteiger partial charge in [0, 0.05) is 18.0 Å². The summed E-state index contributed by atoms with van der Waals surface area (Å²) in [5.41, 5.74) is 1.65. The molecular weight excluding hydrogens is 236 g/mol. The molecule has 0 fully saturated rings. The SMILES string of the molecule is CCCC(C)CC(=O)Nc1cccc2cccnc12. The molecule has 0 bridgehead atoms. The van der Waals surface area contributed by atoms with Gasteiger partial charge in [0.1, 0.15) is 0 Å². The predicted octanol–water partition coefficient (Wildman–Crippen LogP) is 4.00. The Labute approximate surface area is 114 Å². The van der Waals surface area contributed by atoms with Gasteiger partial charge in [-0.2, -0.15) is 0 Å². The highest BCUT2D eigenvalue weighted by Gasteiger charge is 2.10. The van der Waals surface area contributed by atoms with E-state index in [0.29, 0.717) is 12.3 Å². The van der Waals surface area contributed by atoms with Crippen LogP contribution in [0.4, 0.5) is 5.69 Å². The molecule has 0 aliphatic carbocycles. The lowest BCUT2D eigenvalue weighted by Crippen LogP contribution is -2.15. The molecule has 1 atom stereocenters. The fourth-order valence-corrected chi connectivity index (χ4v) is 2.32. The first-order chi connectivity index (χ1) is 9.20. The quantitative estimate of drug-likeness (QED) is 0.878. The third-order valence-electron chi connectivity index (χ3n) is 3.22. The van der Waals surface area contributed by atoms with Crippen molar-refractivity contribution in [1.82, 2.24) is 4.98 Å². The molecule has 0 saturated heterocycles. The maximum absolute atomic E-state index is 12.0. The second kappa shape index (κ2) is 6.32. The van der Waals surface area contributed by atoms with Crippen molar-refractivity contribution in [3.63, 3.8) is 0 Å². The number of carbonyl (C=O) groups excluding carboxylic acids is 1. The van der Waals surface area contributed by atoms with Gasteiger partial charge in [0.25, 0.3) is 0 Å². The summed E-state index contributed by atoms with van der Waals surface area (Å²) in [4.78, 5) is 16.3. The summed E-state index contributed by atoms with van der Waals surface area (Å²) in [6.45, 7) is 4.26. The summed E-state index contributed by atoms with van der Waals surface area (Å²) in [5.74, 6) is 0.493. The Morgan fingerprint density at radius 1 is 1.32 bits per heavy atom. The molecule has 0 saturated carbocycles. The van der Waals surface area contributed by atoms with Crippen molar-refractivity contribution in [2.45, 2.75) is 33.1 Å². The molecule has 2 rings (SSSR count). The molecule has 1 N–H and O–H groups in total. The zero-order valence-electron chi connectivity index (χ0n) is 11.5. The van der Waals surface area contributed by atoms with E-state index in [4.69, 9.17) is 0 Å². The molecule has 1 unspecified atom stereocenters. The summed E-state index contributed by atoms with van der Waals surface area (Å²) in [6, 6.07) is 9.74. The van der Waals surface area contributed by atoms with Crippen molar-refractivity contribution in [3.05, 3.63) is 36.5 Å². The lowest BCUT2D eigenvalue weighted by Gasteiger charge is -2.11. The summed E-state index contributed by atoms with van der Waals surface area (Å²) in [7, 11) is 0. The molecule has 2 aromatic rings. The first-order valence-corrected chi connectivity index (χ1v) is 6.84. The van der Waals surface area contributed by atoms with Crippen LogP contribution in [0, 0.1) is 5.92 Å². The Bertz CT molecular complexity index is 560. The van der Waals surface area contributed by atoms with E-state index >= 15 is 0 Å². The Balaban J connectivity index is 2.11.